The first-order chi connectivity index (χ1) is 3.80. The second kappa shape index (κ2) is 1.65. The Kier molecular flexibility index (Phi) is 0.997. The van der Waals surface area contributed by atoms with E-state index in [1.807, 2.05) is 0 Å². The summed E-state index contributed by atoms with van der Waals surface area (Å²) in [7, 11) is 0. The van der Waals surface area contributed by atoms with Gasteiger partial charge in [-0.2, -0.15) is 0 Å². The molecule has 0 bridgehead atoms. The SMILES string of the molecule is Nc1cncc[n+]1[O-]. The van der Waals surface area contributed by atoms with Gasteiger partial charge in [-0.05, 0) is 0 Å². The molecule has 1 aromatic rings. The van der Waals surface area contributed by atoms with E-state index in [2.05, 4.69) is 4.98 Å². The molecule has 1 aromatic heterocycles. The van der Waals surface area contributed by atoms with Crippen LogP contribution < -0.4 is 10.5 Å². The van der Waals surface area contributed by atoms with Gasteiger partial charge in [-0.15, -0.1) is 0 Å². The number of aromatic nitrogens is 2. The fraction of sp³-hybridized carbons (Fsp3) is 0. The van der Waals surface area contributed by atoms with Crippen LogP contribution in [0.25, 0.3) is 0 Å². The van der Waals surface area contributed by atoms with Gasteiger partial charge >= 0.3 is 0 Å². The maximum atomic E-state index is 10.4. The lowest BCUT2D eigenvalue weighted by molar-refractivity contribution is -0.590. The average Bonchev–Trinajstić information content (AvgIpc) is 1.77. The first-order valence-electron chi connectivity index (χ1n) is 2.09. The van der Waals surface area contributed by atoms with Crippen LogP contribution in [0.5, 0.6) is 0 Å². The summed E-state index contributed by atoms with van der Waals surface area (Å²) in [5, 5.41) is 10.4. The number of nitrogens with zero attached hydrogens (tertiary/aromatic N) is 2. The van der Waals surface area contributed by atoms with Crippen molar-refractivity contribution in [1.82, 2.24) is 4.98 Å². The van der Waals surface area contributed by atoms with Gasteiger partial charge < -0.3 is 5.21 Å². The summed E-state index contributed by atoms with van der Waals surface area (Å²) in [6.45, 7) is 0. The molecule has 0 aliphatic heterocycles. The molecule has 0 saturated carbocycles. The lowest BCUT2D eigenvalue weighted by Crippen LogP contribution is -2.29. The summed E-state index contributed by atoms with van der Waals surface area (Å²) in [5.74, 6) is 0.118. The lowest BCUT2D eigenvalue weighted by atomic mass is 10.7. The van der Waals surface area contributed by atoms with E-state index >= 15 is 0 Å². The maximum absolute atomic E-state index is 10.4. The molecule has 4 heteroatoms. The van der Waals surface area contributed by atoms with Crippen LogP contribution >= 0.6 is 0 Å². The lowest BCUT2D eigenvalue weighted by Gasteiger charge is -1.99. The third-order valence-corrected chi connectivity index (χ3v) is 0.749. The summed E-state index contributed by atoms with van der Waals surface area (Å²) in [6, 6.07) is 0. The minimum Gasteiger partial charge on any atom is -0.711 e. The normalized spacial score (nSPS) is 9.00. The van der Waals surface area contributed by atoms with Crippen LogP contribution in [0.15, 0.2) is 18.6 Å². The van der Waals surface area contributed by atoms with Gasteiger partial charge in [-0.25, -0.2) is 4.73 Å². The van der Waals surface area contributed by atoms with E-state index in [0.717, 1.165) is 0 Å². The quantitative estimate of drug-likeness (QED) is 0.355. The standard InChI is InChI=1S/C4H5N3O/c5-4-3-6-1-2-7(4)8/h1-3H,5H2. The van der Waals surface area contributed by atoms with Crippen molar-refractivity contribution in [3.63, 3.8) is 0 Å². The number of anilines is 1. The molecule has 0 fully saturated rings. The highest BCUT2D eigenvalue weighted by Crippen LogP contribution is 1.82. The Labute approximate surface area is 46.2 Å². The van der Waals surface area contributed by atoms with Gasteiger partial charge in [0.05, 0.1) is 6.20 Å². The topological polar surface area (TPSA) is 65.8 Å². The summed E-state index contributed by atoms with van der Waals surface area (Å²) in [4.78, 5) is 3.60. The third-order valence-electron chi connectivity index (χ3n) is 0.749. The van der Waals surface area contributed by atoms with Gasteiger partial charge in [0.25, 0.3) is 5.82 Å². The largest absolute Gasteiger partial charge is 0.711 e. The van der Waals surface area contributed by atoms with Crippen LogP contribution in [0.2, 0.25) is 0 Å². The van der Waals surface area contributed by atoms with Crippen molar-refractivity contribution < 1.29 is 4.73 Å². The molecule has 4 nitrogen and oxygen atoms in total. The van der Waals surface area contributed by atoms with Crippen LogP contribution in [0.3, 0.4) is 0 Å². The molecule has 0 atom stereocenters. The summed E-state index contributed by atoms with van der Waals surface area (Å²) >= 11 is 0. The summed E-state index contributed by atoms with van der Waals surface area (Å²) < 4.78 is 0.549. The van der Waals surface area contributed by atoms with Gasteiger partial charge in [0, 0.05) is 0 Å². The minimum absolute atomic E-state index is 0.118. The molecule has 0 aliphatic carbocycles. The zero-order valence-corrected chi connectivity index (χ0v) is 4.11. The maximum Gasteiger partial charge on any atom is 0.294 e. The van der Waals surface area contributed by atoms with Crippen molar-refractivity contribution in [1.29, 1.82) is 0 Å². The zero-order valence-electron chi connectivity index (χ0n) is 4.11. The Balaban J connectivity index is 3.13. The van der Waals surface area contributed by atoms with Crippen LogP contribution in [0.4, 0.5) is 5.82 Å². The second-order valence-corrected chi connectivity index (χ2v) is 1.33. The molecule has 0 aliphatic rings. The van der Waals surface area contributed by atoms with E-state index in [0.29, 0.717) is 4.73 Å². The molecule has 42 valence electrons. The fourth-order valence-electron chi connectivity index (χ4n) is 0.361. The predicted octanol–water partition coefficient (Wildman–Crippen LogP) is -0.703. The van der Waals surface area contributed by atoms with E-state index in [1.54, 1.807) is 0 Å². The summed E-state index contributed by atoms with van der Waals surface area (Å²) in [6.07, 6.45) is 3.92. The number of rotatable bonds is 0. The molecule has 0 saturated heterocycles. The summed E-state index contributed by atoms with van der Waals surface area (Å²) in [5.41, 5.74) is 5.11. The Hall–Kier alpha value is -1.32. The zero-order chi connectivity index (χ0) is 5.98. The smallest absolute Gasteiger partial charge is 0.294 e. The minimum atomic E-state index is 0.118. The van der Waals surface area contributed by atoms with E-state index in [-0.39, 0.29) is 5.82 Å². The monoisotopic (exact) mass is 111 g/mol. The van der Waals surface area contributed by atoms with E-state index in [9.17, 15) is 5.21 Å². The van der Waals surface area contributed by atoms with Crippen molar-refractivity contribution in [2.75, 3.05) is 5.73 Å². The number of nitrogens with two attached hydrogens (primary N) is 1. The highest BCUT2D eigenvalue weighted by atomic mass is 16.5. The van der Waals surface area contributed by atoms with Gasteiger partial charge in [-0.1, -0.05) is 0 Å². The van der Waals surface area contributed by atoms with Crippen molar-refractivity contribution in [2.24, 2.45) is 0 Å². The van der Waals surface area contributed by atoms with Crippen LogP contribution in [0.1, 0.15) is 0 Å². The third kappa shape index (κ3) is 0.676. The molecule has 0 radical (unpaired) electrons. The highest BCUT2D eigenvalue weighted by molar-refractivity contribution is 5.13. The molecule has 0 amide bonds. The Bertz CT molecular complexity index is 167. The molecule has 2 N–H and O–H groups in total. The fourth-order valence-corrected chi connectivity index (χ4v) is 0.361. The van der Waals surface area contributed by atoms with Gasteiger partial charge in [0.2, 0.25) is 0 Å². The molecule has 8 heavy (non-hydrogen) atoms. The van der Waals surface area contributed by atoms with Crippen LogP contribution in [-0.2, 0) is 0 Å². The first-order valence-corrected chi connectivity index (χ1v) is 2.09. The number of hydrogen-bond acceptors (Lipinski definition) is 3. The Morgan fingerprint density at radius 2 is 2.50 bits per heavy atom. The number of hydrogen-bond donors (Lipinski definition) is 1. The molecule has 1 heterocycles. The van der Waals surface area contributed by atoms with Crippen molar-refractivity contribution in [2.45, 2.75) is 0 Å². The second-order valence-electron chi connectivity index (χ2n) is 1.33. The first kappa shape index (κ1) is 4.83. The Morgan fingerprint density at radius 1 is 1.75 bits per heavy atom. The van der Waals surface area contributed by atoms with Crippen LogP contribution in [0, 0.1) is 5.21 Å². The van der Waals surface area contributed by atoms with Crippen molar-refractivity contribution in [3.05, 3.63) is 23.8 Å². The van der Waals surface area contributed by atoms with Crippen LogP contribution in [-0.4, -0.2) is 4.98 Å². The predicted molar refractivity (Wildman–Crippen MR) is 27.6 cm³/mol. The Morgan fingerprint density at radius 3 is 2.88 bits per heavy atom. The van der Waals surface area contributed by atoms with Gasteiger partial charge in [0.1, 0.15) is 12.4 Å². The van der Waals surface area contributed by atoms with Crippen molar-refractivity contribution in [3.8, 4) is 0 Å². The molecule has 0 unspecified atom stereocenters. The highest BCUT2D eigenvalue weighted by Gasteiger charge is 1.88. The molecular formula is C4H5N3O. The van der Waals surface area contributed by atoms with E-state index in [4.69, 9.17) is 5.73 Å². The molecule has 0 aromatic carbocycles. The van der Waals surface area contributed by atoms with E-state index in [1.165, 1.54) is 18.6 Å². The molecular weight excluding hydrogens is 106 g/mol. The van der Waals surface area contributed by atoms with Gasteiger partial charge in [-0.3, -0.25) is 10.7 Å². The number of nitrogen functional groups attached to an aromatic ring is 1. The van der Waals surface area contributed by atoms with Gasteiger partial charge in [0.15, 0.2) is 0 Å². The average molecular weight is 111 g/mol. The molecule has 0 spiro atoms. The van der Waals surface area contributed by atoms with Crippen molar-refractivity contribution >= 4 is 5.82 Å². The molecule has 1 rings (SSSR count). The van der Waals surface area contributed by atoms with E-state index < -0.39 is 0 Å².